The fourth-order valence-electron chi connectivity index (χ4n) is 2.76. The Bertz CT molecular complexity index is 611. The molecule has 1 heterocycles. The maximum Gasteiger partial charge on any atom is 0.134 e. The Hall–Kier alpha value is -1.48. The molecule has 0 radical (unpaired) electrons. The van der Waals surface area contributed by atoms with Gasteiger partial charge in [0.2, 0.25) is 0 Å². The van der Waals surface area contributed by atoms with Crippen molar-refractivity contribution < 1.29 is 9.15 Å². The van der Waals surface area contributed by atoms with Crippen molar-refractivity contribution in [2.45, 2.75) is 51.7 Å². The summed E-state index contributed by atoms with van der Waals surface area (Å²) in [4.78, 5) is 0. The number of fused-ring (bicyclic) bond motifs is 1. The van der Waals surface area contributed by atoms with E-state index in [0.29, 0.717) is 24.0 Å². The lowest BCUT2D eigenvalue weighted by Gasteiger charge is -2.35. The van der Waals surface area contributed by atoms with Gasteiger partial charge in [-0.15, -0.1) is 0 Å². The summed E-state index contributed by atoms with van der Waals surface area (Å²) in [5.74, 6) is 3.03. The zero-order valence-corrected chi connectivity index (χ0v) is 13.3. The highest BCUT2D eigenvalue weighted by molar-refractivity contribution is 5.79. The third-order valence-corrected chi connectivity index (χ3v) is 4.76. The number of furan rings is 1. The van der Waals surface area contributed by atoms with Gasteiger partial charge in [0.1, 0.15) is 23.2 Å². The highest BCUT2D eigenvalue weighted by Gasteiger charge is 2.29. The van der Waals surface area contributed by atoms with Crippen molar-refractivity contribution in [3.63, 3.8) is 0 Å². The standard InChI is InChI=1S/C18H25NO2/c1-11(2)12(3)18-8-13-7-15(5-6-17(13)21-18)20-16-9-14(10-16)19-4/h5-8,11-12,14,16,19H,9-10H2,1-4H3/t12-,14?,16?/m1/s1. The van der Waals surface area contributed by atoms with Gasteiger partial charge >= 0.3 is 0 Å². The molecule has 0 bridgehead atoms. The largest absolute Gasteiger partial charge is 0.490 e. The monoisotopic (exact) mass is 287 g/mol. The molecule has 1 saturated carbocycles. The summed E-state index contributed by atoms with van der Waals surface area (Å²) in [6.07, 6.45) is 2.53. The Balaban J connectivity index is 1.74. The second-order valence-electron chi connectivity index (χ2n) is 6.58. The Kier molecular flexibility index (Phi) is 3.94. The normalized spacial score (nSPS) is 23.3. The third-order valence-electron chi connectivity index (χ3n) is 4.76. The Morgan fingerprint density at radius 1 is 1.19 bits per heavy atom. The number of nitrogens with one attached hydrogen (secondary N) is 1. The molecule has 1 aromatic heterocycles. The summed E-state index contributed by atoms with van der Waals surface area (Å²) in [6.45, 7) is 6.66. The molecule has 0 aliphatic heterocycles. The SMILES string of the molecule is CNC1CC(Oc2ccc3oc([C@H](C)C(C)C)cc3c2)C1. The van der Waals surface area contributed by atoms with E-state index in [1.807, 2.05) is 19.2 Å². The summed E-state index contributed by atoms with van der Waals surface area (Å²) in [7, 11) is 2.01. The van der Waals surface area contributed by atoms with Gasteiger partial charge in [-0.1, -0.05) is 20.8 Å². The molecule has 3 nitrogen and oxygen atoms in total. The van der Waals surface area contributed by atoms with Crippen LogP contribution in [0.1, 0.15) is 45.3 Å². The van der Waals surface area contributed by atoms with Crippen molar-refractivity contribution in [3.8, 4) is 5.75 Å². The maximum absolute atomic E-state index is 6.03. The number of benzene rings is 1. The molecule has 3 heteroatoms. The first-order valence-corrected chi connectivity index (χ1v) is 7.94. The molecule has 21 heavy (non-hydrogen) atoms. The second kappa shape index (κ2) is 5.72. The Labute approximate surface area is 126 Å². The van der Waals surface area contributed by atoms with E-state index in [1.165, 1.54) is 0 Å². The molecule has 0 unspecified atom stereocenters. The number of hydrogen-bond acceptors (Lipinski definition) is 3. The predicted molar refractivity (Wildman–Crippen MR) is 86.0 cm³/mol. The molecule has 0 spiro atoms. The molecule has 3 rings (SSSR count). The lowest BCUT2D eigenvalue weighted by atomic mass is 9.89. The molecule has 1 N–H and O–H groups in total. The van der Waals surface area contributed by atoms with Gasteiger partial charge < -0.3 is 14.5 Å². The van der Waals surface area contributed by atoms with Gasteiger partial charge in [0.15, 0.2) is 0 Å². The van der Waals surface area contributed by atoms with Crippen LogP contribution in [0.5, 0.6) is 5.75 Å². The van der Waals surface area contributed by atoms with Crippen LogP contribution >= 0.6 is 0 Å². The fourth-order valence-corrected chi connectivity index (χ4v) is 2.76. The summed E-state index contributed by atoms with van der Waals surface area (Å²) < 4.78 is 12.0. The molecule has 114 valence electrons. The zero-order valence-electron chi connectivity index (χ0n) is 13.3. The van der Waals surface area contributed by atoms with E-state index in [0.717, 1.165) is 35.3 Å². The first kappa shape index (κ1) is 14.5. The molecule has 0 amide bonds. The Morgan fingerprint density at radius 2 is 1.95 bits per heavy atom. The van der Waals surface area contributed by atoms with E-state index < -0.39 is 0 Å². The molecule has 1 atom stereocenters. The predicted octanol–water partition coefficient (Wildman–Crippen LogP) is 4.32. The van der Waals surface area contributed by atoms with Crippen molar-refractivity contribution in [1.82, 2.24) is 5.32 Å². The van der Waals surface area contributed by atoms with Gasteiger partial charge in [-0.05, 0) is 50.1 Å². The number of rotatable bonds is 5. The van der Waals surface area contributed by atoms with Crippen molar-refractivity contribution in [2.24, 2.45) is 5.92 Å². The van der Waals surface area contributed by atoms with Crippen LogP contribution in [0.3, 0.4) is 0 Å². The molecule has 0 saturated heterocycles. The summed E-state index contributed by atoms with van der Waals surface area (Å²) >= 11 is 0. The van der Waals surface area contributed by atoms with Crippen LogP contribution in [0.4, 0.5) is 0 Å². The van der Waals surface area contributed by atoms with E-state index in [-0.39, 0.29) is 0 Å². The minimum absolute atomic E-state index is 0.348. The molecule has 1 aliphatic rings. The summed E-state index contributed by atoms with van der Waals surface area (Å²) in [5.41, 5.74) is 0.951. The average Bonchev–Trinajstić information content (AvgIpc) is 2.84. The van der Waals surface area contributed by atoms with Gasteiger partial charge in [-0.2, -0.15) is 0 Å². The third kappa shape index (κ3) is 2.93. The Morgan fingerprint density at radius 3 is 2.62 bits per heavy atom. The molecule has 1 aromatic carbocycles. The zero-order chi connectivity index (χ0) is 15.0. The van der Waals surface area contributed by atoms with E-state index in [4.69, 9.17) is 9.15 Å². The van der Waals surface area contributed by atoms with E-state index >= 15 is 0 Å². The van der Waals surface area contributed by atoms with Gasteiger partial charge in [0.05, 0.1) is 0 Å². The minimum atomic E-state index is 0.348. The van der Waals surface area contributed by atoms with Crippen LogP contribution in [0.2, 0.25) is 0 Å². The van der Waals surface area contributed by atoms with E-state index in [1.54, 1.807) is 0 Å². The fraction of sp³-hybridized carbons (Fsp3) is 0.556. The molecular formula is C18H25NO2. The highest BCUT2D eigenvalue weighted by Crippen LogP contribution is 2.33. The van der Waals surface area contributed by atoms with Gasteiger partial charge in [-0.3, -0.25) is 0 Å². The van der Waals surface area contributed by atoms with Crippen molar-refractivity contribution >= 4 is 11.0 Å². The van der Waals surface area contributed by atoms with Crippen molar-refractivity contribution in [2.75, 3.05) is 7.05 Å². The quantitative estimate of drug-likeness (QED) is 0.889. The first-order chi connectivity index (χ1) is 10.1. The van der Waals surface area contributed by atoms with Crippen LogP contribution in [0, 0.1) is 5.92 Å². The lowest BCUT2D eigenvalue weighted by Crippen LogP contribution is -2.45. The highest BCUT2D eigenvalue weighted by atomic mass is 16.5. The van der Waals surface area contributed by atoms with Crippen molar-refractivity contribution in [1.29, 1.82) is 0 Å². The van der Waals surface area contributed by atoms with Crippen LogP contribution in [0.25, 0.3) is 11.0 Å². The first-order valence-electron chi connectivity index (χ1n) is 7.94. The molecular weight excluding hydrogens is 262 g/mol. The average molecular weight is 287 g/mol. The van der Waals surface area contributed by atoms with E-state index in [9.17, 15) is 0 Å². The van der Waals surface area contributed by atoms with Gasteiger partial charge in [-0.25, -0.2) is 0 Å². The van der Waals surface area contributed by atoms with Crippen LogP contribution in [-0.2, 0) is 0 Å². The summed E-state index contributed by atoms with van der Waals surface area (Å²) in [5, 5.41) is 4.42. The van der Waals surface area contributed by atoms with Gasteiger partial charge in [0, 0.05) is 17.3 Å². The van der Waals surface area contributed by atoms with E-state index in [2.05, 4.69) is 38.2 Å². The molecule has 1 aliphatic carbocycles. The number of hydrogen-bond donors (Lipinski definition) is 1. The van der Waals surface area contributed by atoms with Crippen molar-refractivity contribution in [3.05, 3.63) is 30.0 Å². The number of ether oxygens (including phenoxy) is 1. The second-order valence-corrected chi connectivity index (χ2v) is 6.58. The molecule has 1 fully saturated rings. The maximum atomic E-state index is 6.03. The lowest BCUT2D eigenvalue weighted by molar-refractivity contribution is 0.0886. The van der Waals surface area contributed by atoms with Crippen LogP contribution in [0.15, 0.2) is 28.7 Å². The van der Waals surface area contributed by atoms with Crippen LogP contribution < -0.4 is 10.1 Å². The summed E-state index contributed by atoms with van der Waals surface area (Å²) in [6, 6.07) is 8.91. The van der Waals surface area contributed by atoms with Crippen LogP contribution in [-0.4, -0.2) is 19.2 Å². The minimum Gasteiger partial charge on any atom is -0.490 e. The smallest absolute Gasteiger partial charge is 0.134 e. The topological polar surface area (TPSA) is 34.4 Å². The van der Waals surface area contributed by atoms with Gasteiger partial charge in [0.25, 0.3) is 0 Å². The molecule has 2 aromatic rings.